The fraction of sp³-hybridized carbons (Fsp3) is 0.688. The summed E-state index contributed by atoms with van der Waals surface area (Å²) in [6.07, 6.45) is 1.65. The first kappa shape index (κ1) is 18.5. The van der Waals surface area contributed by atoms with Crippen molar-refractivity contribution in [2.45, 2.75) is 44.9 Å². The molecule has 3 N–H and O–H groups in total. The summed E-state index contributed by atoms with van der Waals surface area (Å²) in [4.78, 5) is 7.62. The Labute approximate surface area is 147 Å². The smallest absolute Gasteiger partial charge is 0.191 e. The van der Waals surface area contributed by atoms with E-state index in [1.165, 1.54) is 11.3 Å². The monoisotopic (exact) mass is 358 g/mol. The molecule has 2 heterocycles. The topological polar surface area (TPSA) is 59.9 Å². The molecule has 0 aromatic carbocycles. The number of guanidine groups is 1. The second-order valence-electron chi connectivity index (χ2n) is 6.16. The quantitative estimate of drug-likeness (QED) is 0.559. The molecule has 1 aliphatic heterocycles. The first-order valence-corrected chi connectivity index (χ1v) is 9.33. The average Bonchev–Trinajstić information content (AvgIpc) is 2.98. The van der Waals surface area contributed by atoms with Gasteiger partial charge in [0.25, 0.3) is 0 Å². The SMILES string of the molecule is CN=C(NCC(O)c1ccc(Cl)s1)NC1CCN(C(C)C)CC1. The maximum absolute atomic E-state index is 10.2. The number of nitrogens with zero attached hydrogens (tertiary/aromatic N) is 2. The van der Waals surface area contributed by atoms with Crippen LogP contribution in [0, 0.1) is 0 Å². The molecule has 7 heteroatoms. The predicted octanol–water partition coefficient (Wildman–Crippen LogP) is 2.47. The molecule has 1 atom stereocenters. The van der Waals surface area contributed by atoms with Crippen LogP contribution in [0.3, 0.4) is 0 Å². The van der Waals surface area contributed by atoms with Crippen molar-refractivity contribution < 1.29 is 5.11 Å². The van der Waals surface area contributed by atoms with E-state index < -0.39 is 6.10 Å². The third-order valence-electron chi connectivity index (χ3n) is 4.21. The van der Waals surface area contributed by atoms with Crippen LogP contribution in [0.4, 0.5) is 0 Å². The summed E-state index contributed by atoms with van der Waals surface area (Å²) in [6, 6.07) is 4.71. The van der Waals surface area contributed by atoms with E-state index in [0.29, 0.717) is 23.0 Å². The van der Waals surface area contributed by atoms with Crippen LogP contribution < -0.4 is 10.6 Å². The lowest BCUT2D eigenvalue weighted by molar-refractivity contribution is 0.166. The summed E-state index contributed by atoms with van der Waals surface area (Å²) in [5.74, 6) is 0.745. The minimum absolute atomic E-state index is 0.418. The minimum atomic E-state index is -0.575. The molecule has 1 fully saturated rings. The molecule has 0 amide bonds. The van der Waals surface area contributed by atoms with Gasteiger partial charge in [0.2, 0.25) is 0 Å². The Morgan fingerprint density at radius 2 is 2.13 bits per heavy atom. The molecular weight excluding hydrogens is 332 g/mol. The predicted molar refractivity (Wildman–Crippen MR) is 98.5 cm³/mol. The number of rotatable bonds is 5. The van der Waals surface area contributed by atoms with Gasteiger partial charge in [-0.1, -0.05) is 11.6 Å². The van der Waals surface area contributed by atoms with E-state index in [-0.39, 0.29) is 0 Å². The summed E-state index contributed by atoms with van der Waals surface area (Å²) < 4.78 is 0.693. The number of hydrogen-bond donors (Lipinski definition) is 3. The zero-order chi connectivity index (χ0) is 16.8. The Hall–Kier alpha value is -0.820. The Morgan fingerprint density at radius 3 is 2.65 bits per heavy atom. The Kier molecular flexibility index (Phi) is 7.14. The highest BCUT2D eigenvalue weighted by atomic mass is 35.5. The molecule has 23 heavy (non-hydrogen) atoms. The van der Waals surface area contributed by atoms with Gasteiger partial charge in [-0.3, -0.25) is 4.99 Å². The lowest BCUT2D eigenvalue weighted by Crippen LogP contribution is -2.50. The standard InChI is InChI=1S/C16H27ClN4OS/c1-11(2)21-8-6-12(7-9-21)20-16(18-3)19-10-13(22)14-4-5-15(17)23-14/h4-5,11-13,22H,6-10H2,1-3H3,(H2,18,19,20). The maximum Gasteiger partial charge on any atom is 0.191 e. The zero-order valence-electron chi connectivity index (χ0n) is 14.1. The van der Waals surface area contributed by atoms with Crippen LogP contribution in [0.5, 0.6) is 0 Å². The Balaban J connectivity index is 1.76. The highest BCUT2D eigenvalue weighted by Crippen LogP contribution is 2.26. The van der Waals surface area contributed by atoms with Gasteiger partial charge >= 0.3 is 0 Å². The number of aliphatic hydroxyl groups is 1. The highest BCUT2D eigenvalue weighted by molar-refractivity contribution is 7.16. The van der Waals surface area contributed by atoms with Crippen LogP contribution in [0.1, 0.15) is 37.7 Å². The van der Waals surface area contributed by atoms with Crippen molar-refractivity contribution in [2.24, 2.45) is 4.99 Å². The molecule has 1 aromatic rings. The van der Waals surface area contributed by atoms with Crippen LogP contribution in [0.25, 0.3) is 0 Å². The highest BCUT2D eigenvalue weighted by Gasteiger charge is 2.21. The number of likely N-dealkylation sites (tertiary alicyclic amines) is 1. The molecule has 1 aliphatic rings. The molecule has 1 saturated heterocycles. The summed E-state index contributed by atoms with van der Waals surface area (Å²) in [5.41, 5.74) is 0. The molecule has 1 aromatic heterocycles. The van der Waals surface area contributed by atoms with Crippen molar-refractivity contribution in [2.75, 3.05) is 26.7 Å². The maximum atomic E-state index is 10.2. The van der Waals surface area contributed by atoms with E-state index in [9.17, 15) is 5.11 Å². The van der Waals surface area contributed by atoms with Gasteiger partial charge in [0.05, 0.1) is 4.34 Å². The zero-order valence-corrected chi connectivity index (χ0v) is 15.6. The van der Waals surface area contributed by atoms with Gasteiger partial charge in [-0.25, -0.2) is 0 Å². The summed E-state index contributed by atoms with van der Waals surface area (Å²) in [5, 5.41) is 16.8. The first-order valence-electron chi connectivity index (χ1n) is 8.14. The van der Waals surface area contributed by atoms with Gasteiger partial charge in [-0.05, 0) is 38.8 Å². The lowest BCUT2D eigenvalue weighted by Gasteiger charge is -2.35. The van der Waals surface area contributed by atoms with Crippen molar-refractivity contribution in [3.8, 4) is 0 Å². The molecule has 0 saturated carbocycles. The molecule has 5 nitrogen and oxygen atoms in total. The van der Waals surface area contributed by atoms with Crippen molar-refractivity contribution in [3.63, 3.8) is 0 Å². The number of halogens is 1. The number of piperidine rings is 1. The molecule has 0 aliphatic carbocycles. The fourth-order valence-corrected chi connectivity index (χ4v) is 3.80. The third-order valence-corrected chi connectivity index (χ3v) is 5.54. The van der Waals surface area contributed by atoms with E-state index in [1.807, 2.05) is 6.07 Å². The minimum Gasteiger partial charge on any atom is -0.386 e. The van der Waals surface area contributed by atoms with Crippen LogP contribution in [0.2, 0.25) is 4.34 Å². The summed E-state index contributed by atoms with van der Waals surface area (Å²) in [6.45, 7) is 7.13. The molecule has 130 valence electrons. The Morgan fingerprint density at radius 1 is 1.43 bits per heavy atom. The van der Waals surface area contributed by atoms with Crippen molar-refractivity contribution in [3.05, 3.63) is 21.3 Å². The van der Waals surface area contributed by atoms with Gasteiger partial charge in [0, 0.05) is 43.6 Å². The van der Waals surface area contributed by atoms with E-state index in [1.54, 1.807) is 13.1 Å². The third kappa shape index (κ3) is 5.64. The van der Waals surface area contributed by atoms with Gasteiger partial charge in [0.1, 0.15) is 6.10 Å². The van der Waals surface area contributed by atoms with Gasteiger partial charge in [-0.2, -0.15) is 0 Å². The van der Waals surface area contributed by atoms with Crippen molar-refractivity contribution in [1.29, 1.82) is 0 Å². The molecule has 0 bridgehead atoms. The van der Waals surface area contributed by atoms with Crippen LogP contribution >= 0.6 is 22.9 Å². The molecule has 1 unspecified atom stereocenters. The lowest BCUT2D eigenvalue weighted by atomic mass is 10.0. The largest absolute Gasteiger partial charge is 0.386 e. The fourth-order valence-electron chi connectivity index (χ4n) is 2.75. The number of aliphatic hydroxyl groups excluding tert-OH is 1. The Bertz CT molecular complexity index is 512. The van der Waals surface area contributed by atoms with E-state index in [2.05, 4.69) is 34.4 Å². The normalized spacial score (nSPS) is 19.1. The number of hydrogen-bond acceptors (Lipinski definition) is 4. The summed E-state index contributed by atoms with van der Waals surface area (Å²) in [7, 11) is 1.76. The second-order valence-corrected chi connectivity index (χ2v) is 7.91. The van der Waals surface area contributed by atoms with E-state index in [0.717, 1.165) is 36.8 Å². The van der Waals surface area contributed by atoms with Crippen LogP contribution in [-0.2, 0) is 0 Å². The number of nitrogens with one attached hydrogen (secondary N) is 2. The first-order chi connectivity index (χ1) is 11.0. The second kappa shape index (κ2) is 8.87. The number of thiophene rings is 1. The average molecular weight is 359 g/mol. The van der Waals surface area contributed by atoms with Crippen LogP contribution in [0.15, 0.2) is 17.1 Å². The van der Waals surface area contributed by atoms with Crippen molar-refractivity contribution >= 4 is 28.9 Å². The van der Waals surface area contributed by atoms with E-state index >= 15 is 0 Å². The molecular formula is C16H27ClN4OS. The van der Waals surface area contributed by atoms with Gasteiger partial charge < -0.3 is 20.6 Å². The molecule has 0 radical (unpaired) electrons. The summed E-state index contributed by atoms with van der Waals surface area (Å²) >= 11 is 7.31. The molecule has 2 rings (SSSR count). The van der Waals surface area contributed by atoms with Crippen molar-refractivity contribution in [1.82, 2.24) is 15.5 Å². The van der Waals surface area contributed by atoms with Gasteiger partial charge in [0.15, 0.2) is 5.96 Å². The molecule has 0 spiro atoms. The van der Waals surface area contributed by atoms with Gasteiger partial charge in [-0.15, -0.1) is 11.3 Å². The number of aliphatic imine (C=N–C) groups is 1. The van der Waals surface area contributed by atoms with E-state index in [4.69, 9.17) is 11.6 Å². The van der Waals surface area contributed by atoms with Crippen LogP contribution in [-0.4, -0.2) is 54.7 Å².